The van der Waals surface area contributed by atoms with Crippen LogP contribution in [0.5, 0.6) is 0 Å². The molecule has 0 spiro atoms. The van der Waals surface area contributed by atoms with Gasteiger partial charge in [0.15, 0.2) is 5.78 Å². The molecule has 1 atom stereocenters. The van der Waals surface area contributed by atoms with Gasteiger partial charge in [-0.05, 0) is 37.0 Å². The van der Waals surface area contributed by atoms with Gasteiger partial charge in [0.05, 0.1) is 10.7 Å². The molecule has 0 aliphatic heterocycles. The molecule has 2 rings (SSSR count). The van der Waals surface area contributed by atoms with Crippen LogP contribution < -0.4 is 5.73 Å². The summed E-state index contributed by atoms with van der Waals surface area (Å²) in [6.07, 6.45) is 2.35. The Morgan fingerprint density at radius 2 is 2.20 bits per heavy atom. The van der Waals surface area contributed by atoms with E-state index in [1.807, 2.05) is 6.92 Å². The quantitative estimate of drug-likeness (QED) is 0.632. The Hall–Kier alpha value is -1.02. The van der Waals surface area contributed by atoms with Gasteiger partial charge in [0.2, 0.25) is 0 Å². The number of carbonyl (C=O) groups is 1. The van der Waals surface area contributed by atoms with Crippen LogP contribution in [0, 0.1) is 11.8 Å². The third-order valence-corrected chi connectivity index (χ3v) is 3.35. The molecule has 0 aromatic heterocycles. The van der Waals surface area contributed by atoms with Crippen molar-refractivity contribution in [1.29, 1.82) is 0 Å². The second-order valence-electron chi connectivity index (χ2n) is 4.23. The SMILES string of the molecule is CC(C(=O)c1ccc(N)c(Cl)c1)C1CC1. The first-order chi connectivity index (χ1) is 7.09. The molecule has 0 saturated heterocycles. The smallest absolute Gasteiger partial charge is 0.165 e. The second-order valence-corrected chi connectivity index (χ2v) is 4.63. The van der Waals surface area contributed by atoms with E-state index in [1.165, 1.54) is 12.8 Å². The van der Waals surface area contributed by atoms with Gasteiger partial charge in [0.25, 0.3) is 0 Å². The fraction of sp³-hybridized carbons (Fsp3) is 0.417. The summed E-state index contributed by atoms with van der Waals surface area (Å²) in [7, 11) is 0. The number of nitrogen functional groups attached to an aromatic ring is 1. The van der Waals surface area contributed by atoms with Crippen molar-refractivity contribution in [2.24, 2.45) is 11.8 Å². The Morgan fingerprint density at radius 1 is 1.53 bits per heavy atom. The van der Waals surface area contributed by atoms with Crippen molar-refractivity contribution in [2.75, 3.05) is 5.73 Å². The molecule has 1 aromatic carbocycles. The molecule has 3 heteroatoms. The predicted molar refractivity (Wildman–Crippen MR) is 62.1 cm³/mol. The summed E-state index contributed by atoms with van der Waals surface area (Å²) < 4.78 is 0. The Morgan fingerprint density at radius 3 is 2.73 bits per heavy atom. The first-order valence-corrected chi connectivity index (χ1v) is 5.56. The highest BCUT2D eigenvalue weighted by Crippen LogP contribution is 2.38. The molecule has 2 nitrogen and oxygen atoms in total. The highest BCUT2D eigenvalue weighted by Gasteiger charge is 2.32. The molecule has 1 saturated carbocycles. The summed E-state index contributed by atoms with van der Waals surface area (Å²) in [4.78, 5) is 12.0. The van der Waals surface area contributed by atoms with Crippen molar-refractivity contribution < 1.29 is 4.79 Å². The summed E-state index contributed by atoms with van der Waals surface area (Å²) in [5.41, 5.74) is 6.79. The van der Waals surface area contributed by atoms with Gasteiger partial charge in [-0.3, -0.25) is 4.79 Å². The Bertz CT molecular complexity index is 399. The zero-order valence-corrected chi connectivity index (χ0v) is 9.42. The maximum Gasteiger partial charge on any atom is 0.165 e. The number of hydrogen-bond acceptors (Lipinski definition) is 2. The van der Waals surface area contributed by atoms with E-state index in [4.69, 9.17) is 17.3 Å². The van der Waals surface area contributed by atoms with Gasteiger partial charge in [0, 0.05) is 11.5 Å². The highest BCUT2D eigenvalue weighted by molar-refractivity contribution is 6.33. The van der Waals surface area contributed by atoms with Crippen LogP contribution in [0.2, 0.25) is 5.02 Å². The summed E-state index contributed by atoms with van der Waals surface area (Å²) in [6.45, 7) is 1.99. The minimum atomic E-state index is 0.115. The Kier molecular flexibility index (Phi) is 2.70. The second kappa shape index (κ2) is 3.86. The van der Waals surface area contributed by atoms with Crippen LogP contribution in [-0.2, 0) is 0 Å². The molecule has 15 heavy (non-hydrogen) atoms. The average molecular weight is 224 g/mol. The minimum absolute atomic E-state index is 0.115. The lowest BCUT2D eigenvalue weighted by Crippen LogP contribution is -2.13. The molecule has 0 bridgehead atoms. The zero-order valence-electron chi connectivity index (χ0n) is 8.66. The van der Waals surface area contributed by atoms with Gasteiger partial charge < -0.3 is 5.73 Å². The average Bonchev–Trinajstić information content (AvgIpc) is 3.03. The summed E-state index contributed by atoms with van der Waals surface area (Å²) in [5, 5.41) is 0.462. The van der Waals surface area contributed by atoms with Crippen LogP contribution in [0.1, 0.15) is 30.1 Å². The lowest BCUT2D eigenvalue weighted by Gasteiger charge is -2.09. The van der Waals surface area contributed by atoms with Crippen LogP contribution in [0.15, 0.2) is 18.2 Å². The number of carbonyl (C=O) groups excluding carboxylic acids is 1. The number of Topliss-reactive ketones (excluding diaryl/α,β-unsaturated/α-hetero) is 1. The van der Waals surface area contributed by atoms with Crippen molar-refractivity contribution in [3.05, 3.63) is 28.8 Å². The molecular formula is C12H14ClNO. The monoisotopic (exact) mass is 223 g/mol. The molecule has 1 aromatic rings. The van der Waals surface area contributed by atoms with Crippen LogP contribution in [0.3, 0.4) is 0 Å². The van der Waals surface area contributed by atoms with Crippen LogP contribution in [0.4, 0.5) is 5.69 Å². The summed E-state index contributed by atoms with van der Waals surface area (Å²) in [5.74, 6) is 0.873. The van der Waals surface area contributed by atoms with Crippen LogP contribution in [0.25, 0.3) is 0 Å². The number of hydrogen-bond donors (Lipinski definition) is 1. The molecule has 1 aliphatic carbocycles. The van der Waals surface area contributed by atoms with E-state index in [-0.39, 0.29) is 11.7 Å². The number of benzene rings is 1. The topological polar surface area (TPSA) is 43.1 Å². The molecule has 0 amide bonds. The normalized spacial score (nSPS) is 17.5. The predicted octanol–water partition coefficient (Wildman–Crippen LogP) is 3.15. The van der Waals surface area contributed by atoms with E-state index in [0.29, 0.717) is 22.2 Å². The third-order valence-electron chi connectivity index (χ3n) is 3.03. The Labute approximate surface area is 94.4 Å². The van der Waals surface area contributed by atoms with E-state index in [0.717, 1.165) is 0 Å². The van der Waals surface area contributed by atoms with Gasteiger partial charge in [0.1, 0.15) is 0 Å². The van der Waals surface area contributed by atoms with Gasteiger partial charge in [-0.25, -0.2) is 0 Å². The standard InChI is InChI=1S/C12H14ClNO/c1-7(8-2-3-8)12(15)9-4-5-11(14)10(13)6-9/h4-8H,2-3,14H2,1H3. The first kappa shape index (κ1) is 10.5. The van der Waals surface area contributed by atoms with E-state index < -0.39 is 0 Å². The van der Waals surface area contributed by atoms with Crippen molar-refractivity contribution >= 4 is 23.1 Å². The molecular weight excluding hydrogens is 210 g/mol. The maximum atomic E-state index is 12.0. The molecule has 2 N–H and O–H groups in total. The minimum Gasteiger partial charge on any atom is -0.398 e. The molecule has 0 heterocycles. The van der Waals surface area contributed by atoms with Crippen molar-refractivity contribution in [1.82, 2.24) is 0 Å². The van der Waals surface area contributed by atoms with E-state index in [9.17, 15) is 4.79 Å². The zero-order chi connectivity index (χ0) is 11.0. The summed E-state index contributed by atoms with van der Waals surface area (Å²) >= 11 is 5.88. The van der Waals surface area contributed by atoms with Gasteiger partial charge in [-0.2, -0.15) is 0 Å². The summed E-state index contributed by atoms with van der Waals surface area (Å²) in [6, 6.07) is 5.11. The number of anilines is 1. The van der Waals surface area contributed by atoms with Crippen molar-refractivity contribution in [3.8, 4) is 0 Å². The van der Waals surface area contributed by atoms with E-state index >= 15 is 0 Å². The highest BCUT2D eigenvalue weighted by atomic mass is 35.5. The van der Waals surface area contributed by atoms with Gasteiger partial charge in [-0.1, -0.05) is 18.5 Å². The molecule has 80 valence electrons. The largest absolute Gasteiger partial charge is 0.398 e. The van der Waals surface area contributed by atoms with Crippen molar-refractivity contribution in [2.45, 2.75) is 19.8 Å². The first-order valence-electron chi connectivity index (χ1n) is 5.19. The molecule has 1 unspecified atom stereocenters. The van der Waals surface area contributed by atoms with Gasteiger partial charge >= 0.3 is 0 Å². The fourth-order valence-corrected chi connectivity index (χ4v) is 1.93. The molecule has 0 radical (unpaired) electrons. The third kappa shape index (κ3) is 2.15. The van der Waals surface area contributed by atoms with Gasteiger partial charge in [-0.15, -0.1) is 0 Å². The number of nitrogens with two attached hydrogens (primary N) is 1. The van der Waals surface area contributed by atoms with Crippen LogP contribution in [-0.4, -0.2) is 5.78 Å². The maximum absolute atomic E-state index is 12.0. The van der Waals surface area contributed by atoms with Crippen molar-refractivity contribution in [3.63, 3.8) is 0 Å². The number of ketones is 1. The van der Waals surface area contributed by atoms with E-state index in [2.05, 4.69) is 0 Å². The number of halogens is 1. The molecule has 1 fully saturated rings. The lowest BCUT2D eigenvalue weighted by molar-refractivity contribution is 0.0916. The number of rotatable bonds is 3. The van der Waals surface area contributed by atoms with E-state index in [1.54, 1.807) is 18.2 Å². The lowest BCUT2D eigenvalue weighted by atomic mass is 9.95. The fourth-order valence-electron chi connectivity index (χ4n) is 1.75. The van der Waals surface area contributed by atoms with Crippen LogP contribution >= 0.6 is 11.6 Å². The molecule has 1 aliphatic rings. The Balaban J connectivity index is 2.21.